The number of aromatic nitrogens is 2. The fraction of sp³-hybridized carbons (Fsp3) is 0.370. The highest BCUT2D eigenvalue weighted by Gasteiger charge is 2.24. The van der Waals surface area contributed by atoms with Crippen molar-refractivity contribution in [2.75, 3.05) is 50.5 Å². The van der Waals surface area contributed by atoms with E-state index in [4.69, 9.17) is 10.5 Å². The van der Waals surface area contributed by atoms with Crippen molar-refractivity contribution in [3.63, 3.8) is 0 Å². The zero-order chi connectivity index (χ0) is 25.7. The lowest BCUT2D eigenvalue weighted by Crippen LogP contribution is -2.45. The minimum absolute atomic E-state index is 0.00978. The van der Waals surface area contributed by atoms with Gasteiger partial charge in [0.1, 0.15) is 11.4 Å². The number of nitrogens with two attached hydrogens (primary N) is 1. The van der Waals surface area contributed by atoms with Gasteiger partial charge < -0.3 is 15.4 Å². The third kappa shape index (κ3) is 5.42. The topological polar surface area (TPSA) is 103 Å². The fourth-order valence-corrected chi connectivity index (χ4v) is 4.60. The number of anilines is 2. The number of likely N-dealkylation sites (N-methyl/N-ethyl adjacent to an activating group) is 1. The van der Waals surface area contributed by atoms with Crippen LogP contribution in [0.4, 0.5) is 11.5 Å². The number of rotatable bonds is 9. The minimum Gasteiger partial charge on any atom is -0.384 e. The van der Waals surface area contributed by atoms with E-state index in [1.165, 1.54) is 4.57 Å². The molecule has 2 N–H and O–H groups in total. The molecule has 2 aromatic carbocycles. The van der Waals surface area contributed by atoms with Crippen molar-refractivity contribution in [1.82, 2.24) is 14.0 Å². The van der Waals surface area contributed by atoms with Crippen LogP contribution in [0.5, 0.6) is 0 Å². The Bertz CT molecular complexity index is 1330. The molecule has 0 spiro atoms. The molecule has 0 saturated carbocycles. The number of carbonyl (C=O) groups excluding carboxylic acids is 1. The molecule has 9 heteroatoms. The average molecular weight is 492 g/mol. The fourth-order valence-electron chi connectivity index (χ4n) is 4.60. The zero-order valence-electron chi connectivity index (χ0n) is 20.9. The van der Waals surface area contributed by atoms with Gasteiger partial charge in [0.05, 0.1) is 26.3 Å². The Morgan fingerprint density at radius 2 is 1.67 bits per heavy atom. The summed E-state index contributed by atoms with van der Waals surface area (Å²) in [6.07, 6.45) is 0. The van der Waals surface area contributed by atoms with E-state index >= 15 is 0 Å². The number of hydrogen-bond donors (Lipinski definition) is 1. The molecule has 2 heterocycles. The Balaban J connectivity index is 1.59. The first-order chi connectivity index (χ1) is 17.4. The SMILES string of the molecule is CCn1c(=O)c(C(=O)CN(C)Cc2ccccc2N2CCOCC2)c(N)n(Cc2ccccc2)c1=O. The van der Waals surface area contributed by atoms with Crippen LogP contribution in [0.15, 0.2) is 64.2 Å². The van der Waals surface area contributed by atoms with Crippen molar-refractivity contribution in [2.45, 2.75) is 26.6 Å². The number of nitrogens with zero attached hydrogens (tertiary/aromatic N) is 4. The minimum atomic E-state index is -0.642. The van der Waals surface area contributed by atoms with Crippen LogP contribution in [0.3, 0.4) is 0 Å². The van der Waals surface area contributed by atoms with E-state index in [2.05, 4.69) is 11.0 Å². The predicted molar refractivity (Wildman–Crippen MR) is 141 cm³/mol. The van der Waals surface area contributed by atoms with Crippen molar-refractivity contribution in [1.29, 1.82) is 0 Å². The van der Waals surface area contributed by atoms with E-state index in [0.29, 0.717) is 19.8 Å². The van der Waals surface area contributed by atoms with Crippen LogP contribution in [-0.2, 0) is 24.4 Å². The average Bonchev–Trinajstić information content (AvgIpc) is 2.88. The Labute approximate surface area is 210 Å². The summed E-state index contributed by atoms with van der Waals surface area (Å²) in [7, 11) is 1.84. The molecule has 4 rings (SSSR count). The summed E-state index contributed by atoms with van der Waals surface area (Å²) in [5.74, 6) is -0.501. The molecule has 0 amide bonds. The van der Waals surface area contributed by atoms with Gasteiger partial charge >= 0.3 is 5.69 Å². The molecule has 0 aliphatic carbocycles. The summed E-state index contributed by atoms with van der Waals surface area (Å²) in [6.45, 7) is 5.54. The first-order valence-corrected chi connectivity index (χ1v) is 12.2. The molecule has 0 radical (unpaired) electrons. The molecule has 0 unspecified atom stereocenters. The standard InChI is InChI=1S/C27H33N5O4/c1-3-31-26(34)24(25(28)32(27(31)35)17-20-9-5-4-6-10-20)23(33)19-29(2)18-21-11-7-8-12-22(21)30-13-15-36-16-14-30/h4-12H,3,13-19,28H2,1-2H3. The molecule has 0 atom stereocenters. The quantitative estimate of drug-likeness (QED) is 0.456. The lowest BCUT2D eigenvalue weighted by Gasteiger charge is -2.31. The number of nitrogen functional groups attached to an aromatic ring is 1. The number of benzene rings is 2. The highest BCUT2D eigenvalue weighted by molar-refractivity contribution is 6.01. The zero-order valence-corrected chi connectivity index (χ0v) is 20.9. The van der Waals surface area contributed by atoms with Gasteiger partial charge in [-0.15, -0.1) is 0 Å². The molecule has 190 valence electrons. The van der Waals surface area contributed by atoms with Crippen molar-refractivity contribution in [3.8, 4) is 0 Å². The van der Waals surface area contributed by atoms with Crippen molar-refractivity contribution in [2.24, 2.45) is 0 Å². The molecule has 3 aromatic rings. The molecule has 1 aliphatic rings. The molecular weight excluding hydrogens is 458 g/mol. The lowest BCUT2D eigenvalue weighted by atomic mass is 10.1. The third-order valence-electron chi connectivity index (χ3n) is 6.44. The van der Waals surface area contributed by atoms with Gasteiger partial charge in [-0.3, -0.25) is 23.6 Å². The van der Waals surface area contributed by atoms with E-state index in [1.807, 2.05) is 60.5 Å². The maximum Gasteiger partial charge on any atom is 0.332 e. The second kappa shape index (κ2) is 11.4. The van der Waals surface area contributed by atoms with Gasteiger partial charge in [-0.2, -0.15) is 0 Å². The number of morpholine rings is 1. The second-order valence-corrected chi connectivity index (χ2v) is 8.99. The smallest absolute Gasteiger partial charge is 0.332 e. The molecule has 1 fully saturated rings. The third-order valence-corrected chi connectivity index (χ3v) is 6.44. The van der Waals surface area contributed by atoms with Crippen LogP contribution in [0.2, 0.25) is 0 Å². The molecule has 1 aromatic heterocycles. The first kappa shape index (κ1) is 25.4. The summed E-state index contributed by atoms with van der Waals surface area (Å²) in [5, 5.41) is 0. The normalized spacial score (nSPS) is 13.8. The van der Waals surface area contributed by atoms with Gasteiger partial charge in [0.25, 0.3) is 5.56 Å². The number of para-hydroxylation sites is 1. The number of ether oxygens (including phenoxy) is 1. The summed E-state index contributed by atoms with van der Waals surface area (Å²) < 4.78 is 7.85. The summed E-state index contributed by atoms with van der Waals surface area (Å²) >= 11 is 0. The Morgan fingerprint density at radius 3 is 2.36 bits per heavy atom. The van der Waals surface area contributed by atoms with Crippen molar-refractivity contribution in [3.05, 3.63) is 92.1 Å². The second-order valence-electron chi connectivity index (χ2n) is 8.99. The maximum absolute atomic E-state index is 13.4. The van der Waals surface area contributed by atoms with E-state index in [0.717, 1.165) is 34.5 Å². The van der Waals surface area contributed by atoms with Crippen LogP contribution < -0.4 is 21.9 Å². The van der Waals surface area contributed by atoms with Crippen LogP contribution in [-0.4, -0.2) is 59.7 Å². The molecule has 0 bridgehead atoms. The van der Waals surface area contributed by atoms with E-state index in [1.54, 1.807) is 6.92 Å². The monoisotopic (exact) mass is 491 g/mol. The molecule has 1 aliphatic heterocycles. The van der Waals surface area contributed by atoms with Gasteiger partial charge in [0, 0.05) is 31.9 Å². The van der Waals surface area contributed by atoms with Crippen LogP contribution >= 0.6 is 0 Å². The maximum atomic E-state index is 13.4. The number of Topliss-reactive ketones (excluding diaryl/α,β-unsaturated/α-hetero) is 1. The summed E-state index contributed by atoms with van der Waals surface area (Å²) in [4.78, 5) is 43.6. The molecule has 36 heavy (non-hydrogen) atoms. The molecule has 9 nitrogen and oxygen atoms in total. The van der Waals surface area contributed by atoms with Crippen LogP contribution in [0.25, 0.3) is 0 Å². The van der Waals surface area contributed by atoms with E-state index in [-0.39, 0.29) is 31.0 Å². The van der Waals surface area contributed by atoms with Crippen molar-refractivity contribution >= 4 is 17.3 Å². The van der Waals surface area contributed by atoms with Gasteiger partial charge in [-0.25, -0.2) is 4.79 Å². The highest BCUT2D eigenvalue weighted by Crippen LogP contribution is 2.23. The van der Waals surface area contributed by atoms with Crippen molar-refractivity contribution < 1.29 is 9.53 Å². The Morgan fingerprint density at radius 1 is 1.00 bits per heavy atom. The Hall–Kier alpha value is -3.69. The van der Waals surface area contributed by atoms with Gasteiger partial charge in [0.2, 0.25) is 0 Å². The lowest BCUT2D eigenvalue weighted by molar-refractivity contribution is 0.0941. The van der Waals surface area contributed by atoms with Crippen LogP contribution in [0.1, 0.15) is 28.4 Å². The highest BCUT2D eigenvalue weighted by atomic mass is 16.5. The first-order valence-electron chi connectivity index (χ1n) is 12.2. The van der Waals surface area contributed by atoms with Gasteiger partial charge in [-0.1, -0.05) is 48.5 Å². The number of ketones is 1. The molecule has 1 saturated heterocycles. The summed E-state index contributed by atoms with van der Waals surface area (Å²) in [5.41, 5.74) is 8.05. The van der Waals surface area contributed by atoms with Gasteiger partial charge in [0.15, 0.2) is 5.78 Å². The predicted octanol–water partition coefficient (Wildman–Crippen LogP) is 1.81. The molecular formula is C27H33N5O4. The summed E-state index contributed by atoms with van der Waals surface area (Å²) in [6, 6.07) is 17.4. The Kier molecular flexibility index (Phi) is 8.02. The van der Waals surface area contributed by atoms with Gasteiger partial charge in [-0.05, 0) is 31.2 Å². The largest absolute Gasteiger partial charge is 0.384 e. The van der Waals surface area contributed by atoms with E-state index < -0.39 is 17.0 Å². The van der Waals surface area contributed by atoms with Crippen LogP contribution in [0, 0.1) is 0 Å². The number of carbonyl (C=O) groups is 1. The number of hydrogen-bond acceptors (Lipinski definition) is 7. The van der Waals surface area contributed by atoms with E-state index in [9.17, 15) is 14.4 Å².